The van der Waals surface area contributed by atoms with E-state index in [1.54, 1.807) is 10.7 Å². The number of aromatic nitrogens is 3. The minimum atomic E-state index is -1.84. The molecule has 0 spiro atoms. The molecule has 3 heterocycles. The van der Waals surface area contributed by atoms with Gasteiger partial charge >= 0.3 is 0 Å². The van der Waals surface area contributed by atoms with Crippen molar-refractivity contribution in [3.63, 3.8) is 0 Å². The van der Waals surface area contributed by atoms with Crippen LogP contribution in [0.1, 0.15) is 72.4 Å². The van der Waals surface area contributed by atoms with E-state index in [0.29, 0.717) is 12.5 Å². The number of nitrogens with zero attached hydrogens (tertiary/aromatic N) is 4. The first kappa shape index (κ1) is 31.5. The largest absolute Gasteiger partial charge is 0.413 e. The molecule has 238 valence electrons. The summed E-state index contributed by atoms with van der Waals surface area (Å²) >= 11 is 0. The van der Waals surface area contributed by atoms with Crippen molar-refractivity contribution in [2.24, 2.45) is 17.6 Å². The van der Waals surface area contributed by atoms with Crippen LogP contribution in [0, 0.1) is 18.8 Å². The quantitative estimate of drug-likeness (QED) is 0.198. The predicted octanol–water partition coefficient (Wildman–Crippen LogP) is 7.37. The minimum absolute atomic E-state index is 0.167. The summed E-state index contributed by atoms with van der Waals surface area (Å²) in [5.74, 6) is 1.90. The summed E-state index contributed by atoms with van der Waals surface area (Å²) in [5.41, 5.74) is 12.6. The van der Waals surface area contributed by atoms with E-state index in [-0.39, 0.29) is 10.7 Å². The Labute approximate surface area is 269 Å². The van der Waals surface area contributed by atoms with Crippen LogP contribution in [0.2, 0.25) is 18.1 Å². The molecule has 2 N–H and O–H groups in total. The van der Waals surface area contributed by atoms with Gasteiger partial charge in [0.15, 0.2) is 14.0 Å². The predicted molar refractivity (Wildman–Crippen MR) is 186 cm³/mol. The molecule has 1 amide bonds. The third kappa shape index (κ3) is 6.46. The van der Waals surface area contributed by atoms with Gasteiger partial charge in [-0.25, -0.2) is 4.68 Å². The van der Waals surface area contributed by atoms with E-state index in [9.17, 15) is 4.79 Å². The Morgan fingerprint density at radius 1 is 1.07 bits per heavy atom. The van der Waals surface area contributed by atoms with Gasteiger partial charge in [-0.05, 0) is 104 Å². The van der Waals surface area contributed by atoms with Gasteiger partial charge in [-0.3, -0.25) is 4.79 Å². The molecule has 6 rings (SSSR count). The van der Waals surface area contributed by atoms with E-state index in [4.69, 9.17) is 10.2 Å². The summed E-state index contributed by atoms with van der Waals surface area (Å²) in [6.45, 7) is 17.2. The molecule has 0 bridgehead atoms. The standard InChI is InChI=1S/C37H49N5O2Si/c1-25-17-34(36(38)43)39-42(25)32-14-15-35-33(20-32)28(9-8-16-44-45(6,7)37(2,3)4)24-41(35)21-26-10-12-27(13-11-26)29-18-30-22-40(5)23-31(30)19-29/h8-15,17,20,24,29-31H,16,18-19,21-23H2,1-7H3,(H2,38,43)/b9-8+/t29-,30+,31-. The highest BCUT2D eigenvalue weighted by Crippen LogP contribution is 2.46. The van der Waals surface area contributed by atoms with Crippen LogP contribution in [0.4, 0.5) is 0 Å². The maximum absolute atomic E-state index is 11.8. The molecule has 1 aliphatic heterocycles. The Morgan fingerprint density at radius 3 is 2.38 bits per heavy atom. The van der Waals surface area contributed by atoms with Crippen molar-refractivity contribution >= 4 is 31.2 Å². The summed E-state index contributed by atoms with van der Waals surface area (Å²) < 4.78 is 10.6. The number of carbonyl (C=O) groups excluding carboxylic acids is 1. The molecular weight excluding hydrogens is 575 g/mol. The number of hydrogen-bond donors (Lipinski definition) is 1. The molecule has 2 aromatic carbocycles. The SMILES string of the molecule is Cc1cc(C(N)=O)nn1-c1ccc2c(c1)c(/C=C/CO[Si](C)(C)C(C)(C)C)cn2Cc1ccc([C@H]2C[C@@H]3CN(C)C[C@@H]3C2)cc1. The summed E-state index contributed by atoms with van der Waals surface area (Å²) in [7, 11) is 0.419. The first-order valence-corrected chi connectivity index (χ1v) is 19.3. The Kier molecular flexibility index (Phi) is 8.43. The second-order valence-corrected chi connectivity index (χ2v) is 19.8. The fraction of sp³-hybridized carbons (Fsp3) is 0.459. The van der Waals surface area contributed by atoms with Gasteiger partial charge in [0.1, 0.15) is 0 Å². The van der Waals surface area contributed by atoms with Crippen molar-refractivity contribution in [1.82, 2.24) is 19.2 Å². The fourth-order valence-corrected chi connectivity index (χ4v) is 8.06. The number of benzene rings is 2. The normalized spacial score (nSPS) is 20.9. The monoisotopic (exact) mass is 623 g/mol. The average molecular weight is 624 g/mol. The van der Waals surface area contributed by atoms with Crippen LogP contribution in [0.5, 0.6) is 0 Å². The Bertz CT molecular complexity index is 1710. The fourth-order valence-electron chi connectivity index (χ4n) is 7.11. The molecule has 8 heteroatoms. The number of carbonyl (C=O) groups is 1. The van der Waals surface area contributed by atoms with Gasteiger partial charge in [-0.2, -0.15) is 5.10 Å². The highest BCUT2D eigenvalue weighted by molar-refractivity contribution is 6.74. The van der Waals surface area contributed by atoms with Crippen LogP contribution >= 0.6 is 0 Å². The summed E-state index contributed by atoms with van der Waals surface area (Å²) in [6, 6.07) is 17.5. The molecule has 3 atom stereocenters. The molecule has 7 nitrogen and oxygen atoms in total. The van der Waals surface area contributed by atoms with Crippen LogP contribution in [0.15, 0.2) is 60.8 Å². The molecule has 1 saturated carbocycles. The lowest BCUT2D eigenvalue weighted by Gasteiger charge is -2.35. The molecule has 4 aromatic rings. The topological polar surface area (TPSA) is 78.3 Å². The molecule has 2 fully saturated rings. The summed E-state index contributed by atoms with van der Waals surface area (Å²) in [5, 5.41) is 5.78. The van der Waals surface area contributed by atoms with E-state index < -0.39 is 14.2 Å². The van der Waals surface area contributed by atoms with Gasteiger partial charge in [0, 0.05) is 42.4 Å². The van der Waals surface area contributed by atoms with Crippen LogP contribution in [-0.2, 0) is 11.0 Å². The van der Waals surface area contributed by atoms with Gasteiger partial charge in [0.25, 0.3) is 5.91 Å². The third-order valence-corrected chi connectivity index (χ3v) is 15.2. The minimum Gasteiger partial charge on any atom is -0.413 e. The number of amides is 1. The van der Waals surface area contributed by atoms with Gasteiger partial charge < -0.3 is 19.6 Å². The van der Waals surface area contributed by atoms with Crippen LogP contribution in [-0.4, -0.2) is 60.2 Å². The number of rotatable bonds is 9. The number of primary amides is 1. The molecule has 45 heavy (non-hydrogen) atoms. The maximum atomic E-state index is 11.8. The van der Waals surface area contributed by atoms with Crippen LogP contribution < -0.4 is 5.73 Å². The van der Waals surface area contributed by atoms with E-state index in [0.717, 1.165) is 46.2 Å². The number of nitrogens with two attached hydrogens (primary N) is 1. The van der Waals surface area contributed by atoms with Crippen molar-refractivity contribution in [3.8, 4) is 5.69 Å². The zero-order valence-corrected chi connectivity index (χ0v) is 29.0. The first-order chi connectivity index (χ1) is 21.3. The molecule has 2 aliphatic rings. The van der Waals surface area contributed by atoms with Crippen molar-refractivity contribution in [2.75, 3.05) is 26.7 Å². The first-order valence-electron chi connectivity index (χ1n) is 16.4. The van der Waals surface area contributed by atoms with Crippen molar-refractivity contribution in [1.29, 1.82) is 0 Å². The lowest BCUT2D eigenvalue weighted by Crippen LogP contribution is -2.40. The second-order valence-electron chi connectivity index (χ2n) is 15.0. The lowest BCUT2D eigenvalue weighted by atomic mass is 9.95. The Hall–Kier alpha value is -3.46. The molecular formula is C37H49N5O2Si. The second kappa shape index (κ2) is 12.0. The van der Waals surface area contributed by atoms with Gasteiger partial charge in [0.2, 0.25) is 0 Å². The van der Waals surface area contributed by atoms with E-state index in [1.807, 2.05) is 6.92 Å². The smallest absolute Gasteiger partial charge is 0.269 e. The van der Waals surface area contributed by atoms with Crippen LogP contribution in [0.25, 0.3) is 22.7 Å². The summed E-state index contributed by atoms with van der Waals surface area (Å²) in [4.78, 5) is 14.3. The van der Waals surface area contributed by atoms with Gasteiger partial charge in [-0.15, -0.1) is 0 Å². The van der Waals surface area contributed by atoms with Crippen LogP contribution in [0.3, 0.4) is 0 Å². The van der Waals surface area contributed by atoms with E-state index in [2.05, 4.69) is 116 Å². The molecule has 0 radical (unpaired) electrons. The number of aryl methyl sites for hydroxylation is 1. The van der Waals surface area contributed by atoms with Gasteiger partial charge in [0.05, 0.1) is 12.3 Å². The average Bonchev–Trinajstić information content (AvgIpc) is 3.72. The van der Waals surface area contributed by atoms with Crippen molar-refractivity contribution in [2.45, 2.75) is 71.1 Å². The number of likely N-dealkylation sites (tertiary alicyclic amines) is 1. The molecule has 2 aromatic heterocycles. The lowest BCUT2D eigenvalue weighted by molar-refractivity contribution is 0.0995. The van der Waals surface area contributed by atoms with E-state index in [1.165, 1.54) is 37.1 Å². The highest BCUT2D eigenvalue weighted by atomic mass is 28.4. The van der Waals surface area contributed by atoms with Crippen molar-refractivity contribution < 1.29 is 9.22 Å². The van der Waals surface area contributed by atoms with Gasteiger partial charge in [-0.1, -0.05) is 57.2 Å². The third-order valence-electron chi connectivity index (χ3n) is 10.7. The zero-order chi connectivity index (χ0) is 32.1. The maximum Gasteiger partial charge on any atom is 0.269 e. The molecule has 1 saturated heterocycles. The number of hydrogen-bond acceptors (Lipinski definition) is 4. The molecule has 1 aliphatic carbocycles. The zero-order valence-electron chi connectivity index (χ0n) is 28.0. The highest BCUT2D eigenvalue weighted by Gasteiger charge is 2.40. The van der Waals surface area contributed by atoms with Crippen molar-refractivity contribution in [3.05, 3.63) is 88.9 Å². The summed E-state index contributed by atoms with van der Waals surface area (Å²) in [6.07, 6.45) is 9.21. The molecule has 0 unspecified atom stereocenters. The Balaban J connectivity index is 1.27. The number of fused-ring (bicyclic) bond motifs is 2. The van der Waals surface area contributed by atoms with E-state index >= 15 is 0 Å². The Morgan fingerprint density at radius 2 is 1.76 bits per heavy atom.